The molecule has 0 aliphatic rings. The molecule has 0 aromatic carbocycles. The fraction of sp³-hybridized carbons (Fsp3) is 0.444. The number of thiophene rings is 1. The zero-order valence-electron chi connectivity index (χ0n) is 8.38. The summed E-state index contributed by atoms with van der Waals surface area (Å²) in [6.07, 6.45) is 0. The van der Waals surface area contributed by atoms with E-state index >= 15 is 0 Å². The van der Waals surface area contributed by atoms with Gasteiger partial charge in [0.25, 0.3) is 0 Å². The zero-order chi connectivity index (χ0) is 10.1. The Kier molecular flexibility index (Phi) is 3.40. The van der Waals surface area contributed by atoms with Gasteiger partial charge in [-0.1, -0.05) is 0 Å². The van der Waals surface area contributed by atoms with Crippen molar-refractivity contribution >= 4 is 39.3 Å². The first-order chi connectivity index (χ1) is 5.96. The molecule has 0 saturated heterocycles. The van der Waals surface area contributed by atoms with Crippen LogP contribution in [0.4, 0.5) is 0 Å². The Morgan fingerprint density at radius 2 is 2.08 bits per heavy atom. The van der Waals surface area contributed by atoms with Gasteiger partial charge in [-0.05, 0) is 0 Å². The van der Waals surface area contributed by atoms with Crippen molar-refractivity contribution in [2.24, 2.45) is 0 Å². The Labute approximate surface area is 86.8 Å². The van der Waals surface area contributed by atoms with Gasteiger partial charge < -0.3 is 0 Å². The summed E-state index contributed by atoms with van der Waals surface area (Å²) >= 11 is -0.624. The Balaban J connectivity index is 3.10. The van der Waals surface area contributed by atoms with E-state index in [2.05, 4.69) is 20.9 Å². The van der Waals surface area contributed by atoms with Crippen molar-refractivity contribution in [2.45, 2.75) is 14.8 Å². The standard InChI is InChI=1S/C6H5O2S.3CH3.Sn/c1-8-6(7)5-3-2-4-9-5;;;;/h2,4H,1H3;3*1H3;. The number of hydrogen-bond acceptors (Lipinski definition) is 3. The molecular weight excluding hydrogens is 291 g/mol. The number of methoxy groups -OCH3 is 1. The van der Waals surface area contributed by atoms with E-state index in [4.69, 9.17) is 4.74 Å². The first kappa shape index (κ1) is 11.0. The summed E-state index contributed by atoms with van der Waals surface area (Å²) in [5, 5.41) is 1.98. The Bertz CT molecular complexity index is 312. The van der Waals surface area contributed by atoms with Crippen molar-refractivity contribution < 1.29 is 9.53 Å². The van der Waals surface area contributed by atoms with E-state index in [1.807, 2.05) is 5.38 Å². The third kappa shape index (κ3) is 2.46. The molecule has 0 fully saturated rings. The molecule has 0 amide bonds. The molecule has 0 spiro atoms. The fourth-order valence-corrected chi connectivity index (χ4v) is 8.67. The zero-order valence-corrected chi connectivity index (χ0v) is 12.1. The number of carbonyl (C=O) groups excluding carboxylic acids is 1. The Hall–Kier alpha value is -0.0313. The summed E-state index contributed by atoms with van der Waals surface area (Å²) in [5.74, 6) is -0.184. The van der Waals surface area contributed by atoms with Gasteiger partial charge in [0.05, 0.1) is 0 Å². The van der Waals surface area contributed by atoms with Crippen LogP contribution >= 0.6 is 11.3 Å². The average molecular weight is 305 g/mol. The van der Waals surface area contributed by atoms with Crippen LogP contribution in [-0.2, 0) is 4.74 Å². The molecule has 0 radical (unpaired) electrons. The first-order valence-corrected chi connectivity index (χ1v) is 15.0. The number of rotatable bonds is 2. The minimum absolute atomic E-state index is 0.184. The van der Waals surface area contributed by atoms with Gasteiger partial charge in [0, 0.05) is 0 Å². The van der Waals surface area contributed by atoms with Crippen LogP contribution in [0.3, 0.4) is 0 Å². The molecule has 13 heavy (non-hydrogen) atoms. The van der Waals surface area contributed by atoms with Gasteiger partial charge in [-0.3, -0.25) is 0 Å². The normalized spacial score (nSPS) is 11.4. The SMILES string of the molecule is COC(=O)c1scc[c]1[Sn]([CH3])([CH3])[CH3]. The van der Waals surface area contributed by atoms with Crippen LogP contribution in [0.15, 0.2) is 11.4 Å². The fourth-order valence-electron chi connectivity index (χ4n) is 1.15. The second-order valence-corrected chi connectivity index (χ2v) is 19.2. The summed E-state index contributed by atoms with van der Waals surface area (Å²) in [6, 6.07) is 2.08. The minimum atomic E-state index is -2.11. The molecule has 0 saturated carbocycles. The maximum absolute atomic E-state index is 11.4. The van der Waals surface area contributed by atoms with Crippen molar-refractivity contribution in [3.63, 3.8) is 0 Å². The molecule has 1 rings (SSSR count). The van der Waals surface area contributed by atoms with Gasteiger partial charge in [-0.25, -0.2) is 0 Å². The third-order valence-corrected chi connectivity index (χ3v) is 9.06. The van der Waals surface area contributed by atoms with Crippen LogP contribution in [0.25, 0.3) is 0 Å². The quantitative estimate of drug-likeness (QED) is 0.618. The molecule has 0 atom stereocenters. The van der Waals surface area contributed by atoms with Crippen LogP contribution in [0.1, 0.15) is 9.67 Å². The van der Waals surface area contributed by atoms with Crippen LogP contribution in [0.5, 0.6) is 0 Å². The van der Waals surface area contributed by atoms with Crippen LogP contribution in [0, 0.1) is 0 Å². The predicted molar refractivity (Wildman–Crippen MR) is 58.6 cm³/mol. The molecule has 0 bridgehead atoms. The van der Waals surface area contributed by atoms with Crippen molar-refractivity contribution in [1.82, 2.24) is 0 Å². The van der Waals surface area contributed by atoms with Crippen LogP contribution < -0.4 is 3.58 Å². The van der Waals surface area contributed by atoms with Crippen molar-refractivity contribution in [2.75, 3.05) is 7.11 Å². The van der Waals surface area contributed by atoms with Gasteiger partial charge in [0.15, 0.2) is 0 Å². The Morgan fingerprint density at radius 1 is 1.46 bits per heavy atom. The molecule has 4 heteroatoms. The third-order valence-electron chi connectivity index (χ3n) is 1.84. The summed E-state index contributed by atoms with van der Waals surface area (Å²) in [4.78, 5) is 19.1. The summed E-state index contributed by atoms with van der Waals surface area (Å²) < 4.78 is 6.01. The van der Waals surface area contributed by atoms with E-state index in [-0.39, 0.29) is 5.97 Å². The molecule has 72 valence electrons. The maximum atomic E-state index is 11.4. The van der Waals surface area contributed by atoms with E-state index in [0.717, 1.165) is 4.88 Å². The van der Waals surface area contributed by atoms with Gasteiger partial charge in [0.1, 0.15) is 0 Å². The van der Waals surface area contributed by atoms with Crippen molar-refractivity contribution in [3.05, 3.63) is 16.3 Å². The van der Waals surface area contributed by atoms with Crippen LogP contribution in [0.2, 0.25) is 14.8 Å². The van der Waals surface area contributed by atoms with Gasteiger partial charge in [0.2, 0.25) is 0 Å². The monoisotopic (exact) mass is 306 g/mol. The number of hydrogen-bond donors (Lipinski definition) is 0. The summed E-state index contributed by atoms with van der Waals surface area (Å²) in [6.45, 7) is 0. The molecule has 1 heterocycles. The molecule has 1 aromatic heterocycles. The predicted octanol–water partition coefficient (Wildman–Crippen LogP) is 2.08. The van der Waals surface area contributed by atoms with Gasteiger partial charge in [-0.15, -0.1) is 0 Å². The van der Waals surface area contributed by atoms with Crippen LogP contribution in [-0.4, -0.2) is 31.5 Å². The molecule has 0 unspecified atom stereocenters. The average Bonchev–Trinajstić information content (AvgIpc) is 2.49. The molecule has 0 N–H and O–H groups in total. The molecule has 2 nitrogen and oxygen atoms in total. The molecule has 1 aromatic rings. The van der Waals surface area contributed by atoms with E-state index < -0.39 is 18.4 Å². The van der Waals surface area contributed by atoms with Crippen molar-refractivity contribution in [1.29, 1.82) is 0 Å². The van der Waals surface area contributed by atoms with E-state index in [0.29, 0.717) is 0 Å². The van der Waals surface area contributed by atoms with E-state index in [1.165, 1.54) is 22.0 Å². The summed E-state index contributed by atoms with van der Waals surface area (Å²) in [7, 11) is 1.43. The van der Waals surface area contributed by atoms with Crippen molar-refractivity contribution in [3.8, 4) is 0 Å². The second-order valence-electron chi connectivity index (χ2n) is 3.90. The van der Waals surface area contributed by atoms with E-state index in [1.54, 1.807) is 0 Å². The first-order valence-electron chi connectivity index (χ1n) is 4.13. The topological polar surface area (TPSA) is 26.3 Å². The van der Waals surface area contributed by atoms with E-state index in [9.17, 15) is 4.79 Å². The second kappa shape index (κ2) is 4.00. The number of carbonyl (C=O) groups is 1. The molecular formula is C9H14O2SSn. The number of ether oxygens (including phenoxy) is 1. The van der Waals surface area contributed by atoms with Gasteiger partial charge >= 0.3 is 87.0 Å². The Morgan fingerprint density at radius 3 is 2.54 bits per heavy atom. The summed E-state index contributed by atoms with van der Waals surface area (Å²) in [5.41, 5.74) is 0. The van der Waals surface area contributed by atoms with Gasteiger partial charge in [-0.2, -0.15) is 0 Å². The molecule has 0 aliphatic heterocycles. The molecule has 0 aliphatic carbocycles. The number of esters is 1.